The maximum absolute atomic E-state index is 12.5. The number of hydrogen-bond donors (Lipinski definition) is 2. The highest BCUT2D eigenvalue weighted by atomic mass is 127. The molecule has 2 heterocycles. The smallest absolute Gasteiger partial charge is 0.225 e. The Bertz CT molecular complexity index is 550. The standard InChI is InChI=1S/C20H34N4O2.HI/c1-4-16(5-2)19(25)24-13-10-17(11-14-24)23-20(21-6-3)22-12-9-18-8-7-15-26-18;/h7-8,15-17H,4-6,9-14H2,1-3H3,(H2,21,22,23);1H. The van der Waals surface area contributed by atoms with Crippen molar-refractivity contribution in [3.05, 3.63) is 24.2 Å². The number of furan rings is 1. The lowest BCUT2D eigenvalue weighted by atomic mass is 9.98. The summed E-state index contributed by atoms with van der Waals surface area (Å²) >= 11 is 0. The zero-order chi connectivity index (χ0) is 18.8. The molecule has 0 radical (unpaired) electrons. The highest BCUT2D eigenvalue weighted by Gasteiger charge is 2.26. The molecule has 0 spiro atoms. The molecule has 7 heteroatoms. The van der Waals surface area contributed by atoms with Crippen LogP contribution in [0.4, 0.5) is 0 Å². The Morgan fingerprint density at radius 1 is 1.30 bits per heavy atom. The normalized spacial score (nSPS) is 15.6. The highest BCUT2D eigenvalue weighted by molar-refractivity contribution is 14.0. The van der Waals surface area contributed by atoms with Crippen molar-refractivity contribution >= 4 is 35.8 Å². The molecule has 1 aromatic heterocycles. The topological polar surface area (TPSA) is 69.9 Å². The van der Waals surface area contributed by atoms with Gasteiger partial charge in [-0.15, -0.1) is 24.0 Å². The Morgan fingerprint density at radius 2 is 2.00 bits per heavy atom. The molecule has 1 aliphatic rings. The molecule has 0 unspecified atom stereocenters. The monoisotopic (exact) mass is 490 g/mol. The number of amides is 1. The zero-order valence-corrected chi connectivity index (χ0v) is 19.2. The van der Waals surface area contributed by atoms with E-state index in [1.54, 1.807) is 6.26 Å². The van der Waals surface area contributed by atoms with Crippen molar-refractivity contribution in [3.63, 3.8) is 0 Å². The summed E-state index contributed by atoms with van der Waals surface area (Å²) in [6.07, 6.45) is 6.29. The van der Waals surface area contributed by atoms with Crippen molar-refractivity contribution in [3.8, 4) is 0 Å². The lowest BCUT2D eigenvalue weighted by Crippen LogP contribution is -2.50. The molecule has 0 saturated carbocycles. The van der Waals surface area contributed by atoms with Gasteiger partial charge in [-0.05, 0) is 44.7 Å². The molecule has 0 aromatic carbocycles. The van der Waals surface area contributed by atoms with Crippen LogP contribution in [0.2, 0.25) is 0 Å². The van der Waals surface area contributed by atoms with Crippen molar-refractivity contribution in [1.82, 2.24) is 15.5 Å². The molecule has 1 fully saturated rings. The summed E-state index contributed by atoms with van der Waals surface area (Å²) in [7, 11) is 0. The van der Waals surface area contributed by atoms with Gasteiger partial charge in [0.25, 0.3) is 0 Å². The predicted molar refractivity (Wildman–Crippen MR) is 121 cm³/mol. The van der Waals surface area contributed by atoms with Crippen LogP contribution >= 0.6 is 24.0 Å². The lowest BCUT2D eigenvalue weighted by Gasteiger charge is -2.34. The number of piperidine rings is 1. The van der Waals surface area contributed by atoms with E-state index in [1.165, 1.54) is 0 Å². The molecule has 1 aromatic rings. The number of rotatable bonds is 8. The molecule has 2 N–H and O–H groups in total. The van der Waals surface area contributed by atoms with Crippen LogP contribution in [0, 0.1) is 5.92 Å². The third kappa shape index (κ3) is 7.71. The average molecular weight is 490 g/mol. The van der Waals surface area contributed by atoms with E-state index in [4.69, 9.17) is 4.42 Å². The summed E-state index contributed by atoms with van der Waals surface area (Å²) in [5, 5.41) is 6.83. The Kier molecular flexibility index (Phi) is 11.5. The number of guanidine groups is 1. The molecule has 27 heavy (non-hydrogen) atoms. The van der Waals surface area contributed by atoms with E-state index in [0.29, 0.717) is 18.5 Å². The lowest BCUT2D eigenvalue weighted by molar-refractivity contribution is -0.136. The number of nitrogens with zero attached hydrogens (tertiary/aromatic N) is 2. The molecule has 154 valence electrons. The molecule has 0 aliphatic carbocycles. The minimum atomic E-state index is 0. The summed E-state index contributed by atoms with van der Waals surface area (Å²) in [4.78, 5) is 19.2. The number of nitrogens with one attached hydrogen (secondary N) is 2. The maximum atomic E-state index is 12.5. The van der Waals surface area contributed by atoms with E-state index in [0.717, 1.165) is 63.5 Å². The van der Waals surface area contributed by atoms with Gasteiger partial charge in [0.1, 0.15) is 5.76 Å². The van der Waals surface area contributed by atoms with Gasteiger partial charge >= 0.3 is 0 Å². The molecule has 1 saturated heterocycles. The van der Waals surface area contributed by atoms with Crippen LogP contribution in [0.1, 0.15) is 52.2 Å². The van der Waals surface area contributed by atoms with Gasteiger partial charge in [-0.3, -0.25) is 9.79 Å². The third-order valence-electron chi connectivity index (χ3n) is 5.03. The Labute approximate surface area is 180 Å². The molecular weight excluding hydrogens is 455 g/mol. The van der Waals surface area contributed by atoms with Gasteiger partial charge in [0.2, 0.25) is 5.91 Å². The van der Waals surface area contributed by atoms with Crippen molar-refractivity contribution in [2.75, 3.05) is 26.2 Å². The van der Waals surface area contributed by atoms with E-state index in [9.17, 15) is 4.79 Å². The van der Waals surface area contributed by atoms with Crippen molar-refractivity contribution < 1.29 is 9.21 Å². The summed E-state index contributed by atoms with van der Waals surface area (Å²) in [5.41, 5.74) is 0. The predicted octanol–water partition coefficient (Wildman–Crippen LogP) is 3.42. The van der Waals surface area contributed by atoms with Crippen LogP contribution in [0.3, 0.4) is 0 Å². The first kappa shape index (κ1) is 23.8. The quantitative estimate of drug-likeness (QED) is 0.333. The van der Waals surface area contributed by atoms with E-state index >= 15 is 0 Å². The van der Waals surface area contributed by atoms with Crippen LogP contribution < -0.4 is 10.6 Å². The van der Waals surface area contributed by atoms with E-state index in [2.05, 4.69) is 36.4 Å². The second-order valence-electron chi connectivity index (χ2n) is 6.85. The van der Waals surface area contributed by atoms with Crippen LogP contribution in [-0.4, -0.2) is 49.0 Å². The molecule has 1 amide bonds. The van der Waals surface area contributed by atoms with Gasteiger partial charge in [-0.25, -0.2) is 0 Å². The Balaban J connectivity index is 0.00000364. The first-order chi connectivity index (χ1) is 12.7. The molecule has 1 aliphatic heterocycles. The number of aliphatic imine (C=N–C) groups is 1. The van der Waals surface area contributed by atoms with Crippen LogP contribution in [0.5, 0.6) is 0 Å². The fourth-order valence-corrected chi connectivity index (χ4v) is 3.39. The van der Waals surface area contributed by atoms with Crippen LogP contribution in [-0.2, 0) is 11.2 Å². The van der Waals surface area contributed by atoms with E-state index in [-0.39, 0.29) is 29.9 Å². The summed E-state index contributed by atoms with van der Waals surface area (Å²) in [5.74, 6) is 2.31. The minimum absolute atomic E-state index is 0. The second-order valence-corrected chi connectivity index (χ2v) is 6.85. The van der Waals surface area contributed by atoms with E-state index in [1.807, 2.05) is 17.0 Å². The molecular formula is C20H35IN4O2. The van der Waals surface area contributed by atoms with Gasteiger partial charge < -0.3 is 20.0 Å². The number of carbonyl (C=O) groups is 1. The van der Waals surface area contributed by atoms with E-state index < -0.39 is 0 Å². The van der Waals surface area contributed by atoms with Gasteiger partial charge in [-0.2, -0.15) is 0 Å². The fourth-order valence-electron chi connectivity index (χ4n) is 3.39. The number of halogens is 1. The van der Waals surface area contributed by atoms with Gasteiger partial charge in [-0.1, -0.05) is 13.8 Å². The molecule has 0 atom stereocenters. The van der Waals surface area contributed by atoms with Crippen molar-refractivity contribution in [2.45, 2.75) is 58.9 Å². The summed E-state index contributed by atoms with van der Waals surface area (Å²) < 4.78 is 5.35. The molecule has 6 nitrogen and oxygen atoms in total. The largest absolute Gasteiger partial charge is 0.469 e. The van der Waals surface area contributed by atoms with Crippen LogP contribution in [0.25, 0.3) is 0 Å². The minimum Gasteiger partial charge on any atom is -0.469 e. The average Bonchev–Trinajstić information content (AvgIpc) is 3.17. The highest BCUT2D eigenvalue weighted by Crippen LogP contribution is 2.17. The van der Waals surface area contributed by atoms with Crippen molar-refractivity contribution in [1.29, 1.82) is 0 Å². The number of hydrogen-bond acceptors (Lipinski definition) is 3. The maximum Gasteiger partial charge on any atom is 0.225 e. The third-order valence-corrected chi connectivity index (χ3v) is 5.03. The van der Waals surface area contributed by atoms with Crippen molar-refractivity contribution in [2.24, 2.45) is 10.9 Å². The molecule has 0 bridgehead atoms. The first-order valence-corrected chi connectivity index (χ1v) is 10.0. The number of likely N-dealkylation sites (tertiary alicyclic amines) is 1. The van der Waals surface area contributed by atoms with Gasteiger partial charge in [0.05, 0.1) is 6.26 Å². The SMILES string of the molecule is CCNC(=NCCc1ccco1)NC1CCN(C(=O)C(CC)CC)CC1.I. The second kappa shape index (κ2) is 13.0. The summed E-state index contributed by atoms with van der Waals surface area (Å²) in [6.45, 7) is 9.45. The fraction of sp³-hybridized carbons (Fsp3) is 0.700. The Hall–Kier alpha value is -1.25. The summed E-state index contributed by atoms with van der Waals surface area (Å²) in [6, 6.07) is 4.24. The van der Waals surface area contributed by atoms with Gasteiger partial charge in [0.15, 0.2) is 5.96 Å². The number of carbonyl (C=O) groups excluding carboxylic acids is 1. The molecule has 2 rings (SSSR count). The zero-order valence-electron chi connectivity index (χ0n) is 16.9. The first-order valence-electron chi connectivity index (χ1n) is 10.0. The Morgan fingerprint density at radius 3 is 2.56 bits per heavy atom. The van der Waals surface area contributed by atoms with Gasteiger partial charge in [0, 0.05) is 44.6 Å². The van der Waals surface area contributed by atoms with Crippen LogP contribution in [0.15, 0.2) is 27.8 Å².